The number of anilines is 1. The molecule has 0 aliphatic rings. The first-order chi connectivity index (χ1) is 7.54. The van der Waals surface area contributed by atoms with Crippen LogP contribution in [-0.4, -0.2) is 23.7 Å². The van der Waals surface area contributed by atoms with Crippen LogP contribution in [0, 0.1) is 0 Å². The van der Waals surface area contributed by atoms with E-state index in [1.165, 1.54) is 6.07 Å². The molecule has 1 aromatic rings. The first-order valence-corrected chi connectivity index (χ1v) is 5.43. The lowest BCUT2D eigenvalue weighted by Gasteiger charge is -2.10. The summed E-state index contributed by atoms with van der Waals surface area (Å²) < 4.78 is 0. The van der Waals surface area contributed by atoms with Crippen LogP contribution < -0.4 is 11.1 Å². The summed E-state index contributed by atoms with van der Waals surface area (Å²) in [6, 6.07) is 4.71. The molecule has 1 amide bonds. The molecular weight excluding hydrogens is 228 g/mol. The number of nitrogens with one attached hydrogen (secondary N) is 1. The van der Waals surface area contributed by atoms with Gasteiger partial charge in [-0.1, -0.05) is 18.5 Å². The van der Waals surface area contributed by atoms with Crippen molar-refractivity contribution in [2.45, 2.75) is 19.4 Å². The van der Waals surface area contributed by atoms with Gasteiger partial charge in [-0.05, 0) is 24.6 Å². The molecule has 0 radical (unpaired) electrons. The average Bonchev–Trinajstić information content (AvgIpc) is 2.28. The van der Waals surface area contributed by atoms with Crippen molar-refractivity contribution in [3.05, 3.63) is 28.8 Å². The summed E-state index contributed by atoms with van der Waals surface area (Å²) in [7, 11) is 0. The number of nitrogen functional groups attached to an aromatic ring is 1. The number of halogens is 1. The van der Waals surface area contributed by atoms with Crippen molar-refractivity contribution in [1.82, 2.24) is 5.32 Å². The zero-order valence-corrected chi connectivity index (χ0v) is 9.79. The van der Waals surface area contributed by atoms with E-state index in [2.05, 4.69) is 5.32 Å². The highest BCUT2D eigenvalue weighted by atomic mass is 35.5. The van der Waals surface area contributed by atoms with Crippen molar-refractivity contribution in [2.24, 2.45) is 0 Å². The number of hydrogen-bond donors (Lipinski definition) is 3. The molecule has 0 saturated heterocycles. The van der Waals surface area contributed by atoms with Crippen LogP contribution in [0.2, 0.25) is 5.02 Å². The van der Waals surface area contributed by atoms with Gasteiger partial charge in [0.25, 0.3) is 5.91 Å². The number of rotatable bonds is 4. The Hall–Kier alpha value is -1.26. The van der Waals surface area contributed by atoms with Gasteiger partial charge in [0.15, 0.2) is 0 Å². The van der Waals surface area contributed by atoms with E-state index in [4.69, 9.17) is 17.3 Å². The molecule has 0 aliphatic heterocycles. The Balaban J connectivity index is 2.69. The highest BCUT2D eigenvalue weighted by molar-refractivity contribution is 6.34. The van der Waals surface area contributed by atoms with Crippen LogP contribution >= 0.6 is 11.6 Å². The van der Waals surface area contributed by atoms with Gasteiger partial charge in [-0.15, -0.1) is 0 Å². The summed E-state index contributed by atoms with van der Waals surface area (Å²) >= 11 is 5.86. The van der Waals surface area contributed by atoms with E-state index in [9.17, 15) is 9.90 Å². The number of nitrogens with two attached hydrogens (primary N) is 1. The molecule has 0 saturated carbocycles. The summed E-state index contributed by atoms with van der Waals surface area (Å²) in [5.74, 6) is -0.329. The maximum atomic E-state index is 11.7. The second kappa shape index (κ2) is 5.72. The molecule has 1 rings (SSSR count). The van der Waals surface area contributed by atoms with E-state index in [0.717, 1.165) is 0 Å². The third-order valence-electron chi connectivity index (χ3n) is 2.20. The van der Waals surface area contributed by atoms with E-state index in [-0.39, 0.29) is 12.5 Å². The van der Waals surface area contributed by atoms with E-state index in [0.29, 0.717) is 22.7 Å². The zero-order valence-electron chi connectivity index (χ0n) is 9.03. The lowest BCUT2D eigenvalue weighted by atomic mass is 10.2. The number of carbonyl (C=O) groups is 1. The topological polar surface area (TPSA) is 75.3 Å². The normalized spacial score (nSPS) is 12.2. The van der Waals surface area contributed by atoms with Crippen LogP contribution in [0.4, 0.5) is 5.69 Å². The summed E-state index contributed by atoms with van der Waals surface area (Å²) in [6.07, 6.45) is 0.0501. The molecule has 4 nitrogen and oxygen atoms in total. The van der Waals surface area contributed by atoms with Crippen molar-refractivity contribution in [3.63, 3.8) is 0 Å². The monoisotopic (exact) mass is 242 g/mol. The Bertz CT molecular complexity index is 382. The maximum Gasteiger partial charge on any atom is 0.252 e. The van der Waals surface area contributed by atoms with E-state index in [1.54, 1.807) is 12.1 Å². The quantitative estimate of drug-likeness (QED) is 0.699. The van der Waals surface area contributed by atoms with Gasteiger partial charge in [-0.3, -0.25) is 4.79 Å². The van der Waals surface area contributed by atoms with Gasteiger partial charge in [0.05, 0.1) is 16.7 Å². The van der Waals surface area contributed by atoms with Crippen molar-refractivity contribution < 1.29 is 9.90 Å². The molecule has 1 atom stereocenters. The molecule has 0 aliphatic carbocycles. The molecule has 4 N–H and O–H groups in total. The standard InChI is InChI=1S/C11H15ClN2O2/c1-2-8(15)6-14-11(16)9-5-7(13)3-4-10(9)12/h3-5,8,15H,2,6,13H2,1H3,(H,14,16). The van der Waals surface area contributed by atoms with Crippen LogP contribution in [-0.2, 0) is 0 Å². The molecule has 5 heteroatoms. The summed E-state index contributed by atoms with van der Waals surface area (Å²) in [6.45, 7) is 2.05. The molecule has 16 heavy (non-hydrogen) atoms. The minimum atomic E-state index is -0.538. The lowest BCUT2D eigenvalue weighted by molar-refractivity contribution is 0.0914. The number of aliphatic hydroxyl groups is 1. The SMILES string of the molecule is CCC(O)CNC(=O)c1cc(N)ccc1Cl. The molecule has 0 heterocycles. The number of benzene rings is 1. The molecule has 0 aromatic heterocycles. The molecule has 0 fully saturated rings. The summed E-state index contributed by atoms with van der Waals surface area (Å²) in [5, 5.41) is 12.2. The fourth-order valence-electron chi connectivity index (χ4n) is 1.17. The van der Waals surface area contributed by atoms with Gasteiger partial charge in [0.1, 0.15) is 0 Å². The summed E-state index contributed by atoms with van der Waals surface area (Å²) in [5.41, 5.74) is 6.36. The Labute approximate surface area is 99.4 Å². The van der Waals surface area contributed by atoms with Crippen molar-refractivity contribution in [2.75, 3.05) is 12.3 Å². The van der Waals surface area contributed by atoms with Gasteiger partial charge in [0, 0.05) is 12.2 Å². The number of aliphatic hydroxyl groups excluding tert-OH is 1. The van der Waals surface area contributed by atoms with Gasteiger partial charge in [-0.2, -0.15) is 0 Å². The van der Waals surface area contributed by atoms with E-state index in [1.807, 2.05) is 6.92 Å². The molecule has 0 spiro atoms. The molecule has 1 aromatic carbocycles. The third kappa shape index (κ3) is 3.40. The highest BCUT2D eigenvalue weighted by Gasteiger charge is 2.11. The number of carbonyl (C=O) groups excluding carboxylic acids is 1. The number of amides is 1. The average molecular weight is 243 g/mol. The second-order valence-electron chi connectivity index (χ2n) is 3.51. The Morgan fingerprint density at radius 3 is 2.94 bits per heavy atom. The maximum absolute atomic E-state index is 11.7. The minimum Gasteiger partial charge on any atom is -0.399 e. The Morgan fingerprint density at radius 1 is 1.62 bits per heavy atom. The van der Waals surface area contributed by atoms with Crippen molar-refractivity contribution >= 4 is 23.2 Å². The van der Waals surface area contributed by atoms with Crippen LogP contribution in [0.3, 0.4) is 0 Å². The first-order valence-electron chi connectivity index (χ1n) is 5.06. The lowest BCUT2D eigenvalue weighted by Crippen LogP contribution is -2.31. The van der Waals surface area contributed by atoms with E-state index >= 15 is 0 Å². The Kier molecular flexibility index (Phi) is 4.58. The van der Waals surface area contributed by atoms with Crippen molar-refractivity contribution in [3.8, 4) is 0 Å². The van der Waals surface area contributed by atoms with Crippen LogP contribution in [0.25, 0.3) is 0 Å². The first kappa shape index (κ1) is 12.8. The highest BCUT2D eigenvalue weighted by Crippen LogP contribution is 2.18. The minimum absolute atomic E-state index is 0.209. The van der Waals surface area contributed by atoms with Gasteiger partial charge < -0.3 is 16.2 Å². The van der Waals surface area contributed by atoms with Gasteiger partial charge in [0.2, 0.25) is 0 Å². The third-order valence-corrected chi connectivity index (χ3v) is 2.53. The van der Waals surface area contributed by atoms with Crippen LogP contribution in [0.1, 0.15) is 23.7 Å². The second-order valence-corrected chi connectivity index (χ2v) is 3.92. The van der Waals surface area contributed by atoms with Crippen LogP contribution in [0.5, 0.6) is 0 Å². The van der Waals surface area contributed by atoms with E-state index < -0.39 is 6.10 Å². The fourth-order valence-corrected chi connectivity index (χ4v) is 1.37. The molecule has 1 unspecified atom stereocenters. The zero-order chi connectivity index (χ0) is 12.1. The molecule has 88 valence electrons. The van der Waals surface area contributed by atoms with Crippen molar-refractivity contribution in [1.29, 1.82) is 0 Å². The smallest absolute Gasteiger partial charge is 0.252 e. The van der Waals surface area contributed by atoms with Gasteiger partial charge >= 0.3 is 0 Å². The predicted octanol–water partition coefficient (Wildman–Crippen LogP) is 1.42. The largest absolute Gasteiger partial charge is 0.399 e. The van der Waals surface area contributed by atoms with Gasteiger partial charge in [-0.25, -0.2) is 0 Å². The number of hydrogen-bond acceptors (Lipinski definition) is 3. The molecule has 0 bridgehead atoms. The molecular formula is C11H15ClN2O2. The summed E-state index contributed by atoms with van der Waals surface area (Å²) in [4.78, 5) is 11.7. The fraction of sp³-hybridized carbons (Fsp3) is 0.364. The predicted molar refractivity (Wildman–Crippen MR) is 64.5 cm³/mol. The van der Waals surface area contributed by atoms with Crippen LogP contribution in [0.15, 0.2) is 18.2 Å². The Morgan fingerprint density at radius 2 is 2.31 bits per heavy atom.